The second kappa shape index (κ2) is 5.75. The first-order valence-electron chi connectivity index (χ1n) is 5.75. The van der Waals surface area contributed by atoms with E-state index in [1.54, 1.807) is 0 Å². The summed E-state index contributed by atoms with van der Waals surface area (Å²) in [6.07, 6.45) is 1.11. The third-order valence-electron chi connectivity index (χ3n) is 2.54. The zero-order chi connectivity index (χ0) is 12.1. The molecular formula is C13H21N3. The number of hydrogen-bond donors (Lipinski definition) is 1. The third kappa shape index (κ3) is 3.14. The van der Waals surface area contributed by atoms with Crippen molar-refractivity contribution in [1.29, 1.82) is 0 Å². The minimum absolute atomic E-state index is 0.189. The number of nitrogens with zero attached hydrogens (tertiary/aromatic N) is 2. The van der Waals surface area contributed by atoms with E-state index in [0.29, 0.717) is 0 Å². The van der Waals surface area contributed by atoms with Crippen LogP contribution in [0.1, 0.15) is 43.3 Å². The molecule has 88 valence electrons. The number of rotatable bonds is 5. The van der Waals surface area contributed by atoms with E-state index in [0.717, 1.165) is 29.9 Å². The Labute approximate surface area is 98.0 Å². The van der Waals surface area contributed by atoms with E-state index in [2.05, 4.69) is 35.1 Å². The Balaban J connectivity index is 3.00. The molecular weight excluding hydrogens is 198 g/mol. The van der Waals surface area contributed by atoms with Gasteiger partial charge in [-0.25, -0.2) is 0 Å². The molecule has 0 bridgehead atoms. The summed E-state index contributed by atoms with van der Waals surface area (Å²) in [5.74, 6) is 0. The lowest BCUT2D eigenvalue weighted by Gasteiger charge is -2.20. The van der Waals surface area contributed by atoms with Gasteiger partial charge in [0, 0.05) is 0 Å². The summed E-state index contributed by atoms with van der Waals surface area (Å²) < 4.78 is 0. The quantitative estimate of drug-likeness (QED) is 0.774. The molecule has 3 heteroatoms. The highest BCUT2D eigenvalue weighted by Crippen LogP contribution is 2.22. The van der Waals surface area contributed by atoms with Gasteiger partial charge in [0.2, 0.25) is 0 Å². The fraction of sp³-hybridized carbons (Fsp3) is 0.538. The summed E-state index contributed by atoms with van der Waals surface area (Å²) in [7, 11) is 0. The van der Waals surface area contributed by atoms with Gasteiger partial charge in [0.25, 0.3) is 0 Å². The molecule has 1 atom stereocenters. The molecule has 0 fully saturated rings. The van der Waals surface area contributed by atoms with Crippen LogP contribution in [0, 0.1) is 13.8 Å². The van der Waals surface area contributed by atoms with Crippen molar-refractivity contribution in [3.63, 3.8) is 0 Å². The fourth-order valence-corrected chi connectivity index (χ4v) is 1.70. The standard InChI is InChI=1S/C13H21N3/c1-6-7-14-13(9(2)3)12-8-10(4)15-16-11(12)5/h8,13-14H,2,6-7H2,1,3-5H3. The normalized spacial score (nSPS) is 12.5. The second-order valence-electron chi connectivity index (χ2n) is 4.26. The van der Waals surface area contributed by atoms with Crippen LogP contribution in [-0.4, -0.2) is 16.7 Å². The summed E-state index contributed by atoms with van der Waals surface area (Å²) in [4.78, 5) is 0. The third-order valence-corrected chi connectivity index (χ3v) is 2.54. The molecule has 0 aliphatic rings. The number of hydrogen-bond acceptors (Lipinski definition) is 3. The van der Waals surface area contributed by atoms with Crippen LogP contribution in [0.2, 0.25) is 0 Å². The molecule has 0 saturated carbocycles. The maximum Gasteiger partial charge on any atom is 0.0651 e. The van der Waals surface area contributed by atoms with E-state index in [9.17, 15) is 0 Å². The Morgan fingerprint density at radius 1 is 1.44 bits per heavy atom. The minimum Gasteiger partial charge on any atom is -0.306 e. The Morgan fingerprint density at radius 2 is 2.12 bits per heavy atom. The van der Waals surface area contributed by atoms with Gasteiger partial charge in [-0.2, -0.15) is 10.2 Å². The van der Waals surface area contributed by atoms with Gasteiger partial charge in [-0.15, -0.1) is 0 Å². The lowest BCUT2D eigenvalue weighted by molar-refractivity contribution is 0.583. The van der Waals surface area contributed by atoms with E-state index in [1.165, 1.54) is 5.56 Å². The SMILES string of the molecule is C=C(C)C(NCCC)c1cc(C)nnc1C. The maximum atomic E-state index is 4.16. The van der Waals surface area contributed by atoms with E-state index in [-0.39, 0.29) is 6.04 Å². The van der Waals surface area contributed by atoms with Crippen LogP contribution in [0.25, 0.3) is 0 Å². The molecule has 0 aliphatic heterocycles. The predicted molar refractivity (Wildman–Crippen MR) is 67.4 cm³/mol. The average Bonchev–Trinajstić information content (AvgIpc) is 2.23. The van der Waals surface area contributed by atoms with Crippen molar-refractivity contribution in [2.75, 3.05) is 6.54 Å². The van der Waals surface area contributed by atoms with E-state index in [1.807, 2.05) is 20.8 Å². The lowest BCUT2D eigenvalue weighted by Crippen LogP contribution is -2.24. The first-order chi connectivity index (χ1) is 7.56. The fourth-order valence-electron chi connectivity index (χ4n) is 1.70. The largest absolute Gasteiger partial charge is 0.306 e. The molecule has 3 nitrogen and oxygen atoms in total. The Hall–Kier alpha value is -1.22. The molecule has 1 heterocycles. The number of aromatic nitrogens is 2. The van der Waals surface area contributed by atoms with Crippen LogP contribution in [0.4, 0.5) is 0 Å². The molecule has 16 heavy (non-hydrogen) atoms. The highest BCUT2D eigenvalue weighted by Gasteiger charge is 2.14. The first kappa shape index (κ1) is 12.8. The van der Waals surface area contributed by atoms with E-state index >= 15 is 0 Å². The van der Waals surface area contributed by atoms with Gasteiger partial charge in [0.1, 0.15) is 0 Å². The Morgan fingerprint density at radius 3 is 2.69 bits per heavy atom. The molecule has 0 amide bonds. The van der Waals surface area contributed by atoms with Gasteiger partial charge in [-0.3, -0.25) is 0 Å². The van der Waals surface area contributed by atoms with Gasteiger partial charge < -0.3 is 5.32 Å². The summed E-state index contributed by atoms with van der Waals surface area (Å²) in [5, 5.41) is 11.7. The van der Waals surface area contributed by atoms with Crippen LogP contribution in [0.3, 0.4) is 0 Å². The smallest absolute Gasteiger partial charge is 0.0651 e. The molecule has 0 spiro atoms. The molecule has 1 rings (SSSR count). The van der Waals surface area contributed by atoms with Crippen molar-refractivity contribution in [2.24, 2.45) is 0 Å². The summed E-state index contributed by atoms with van der Waals surface area (Å²) >= 11 is 0. The number of aryl methyl sites for hydroxylation is 2. The van der Waals surface area contributed by atoms with Crippen LogP contribution in [0.5, 0.6) is 0 Å². The topological polar surface area (TPSA) is 37.8 Å². The van der Waals surface area contributed by atoms with Crippen LogP contribution in [0.15, 0.2) is 18.2 Å². The van der Waals surface area contributed by atoms with Gasteiger partial charge in [0.05, 0.1) is 17.4 Å². The van der Waals surface area contributed by atoms with Crippen molar-refractivity contribution < 1.29 is 0 Å². The molecule has 0 saturated heterocycles. The van der Waals surface area contributed by atoms with E-state index < -0.39 is 0 Å². The van der Waals surface area contributed by atoms with Gasteiger partial charge >= 0.3 is 0 Å². The molecule has 1 N–H and O–H groups in total. The Kier molecular flexibility index (Phi) is 4.62. The lowest BCUT2D eigenvalue weighted by atomic mass is 9.99. The van der Waals surface area contributed by atoms with Crippen molar-refractivity contribution in [2.45, 2.75) is 40.2 Å². The number of nitrogens with one attached hydrogen (secondary N) is 1. The summed E-state index contributed by atoms with van der Waals surface area (Å²) in [6, 6.07) is 2.28. The van der Waals surface area contributed by atoms with E-state index in [4.69, 9.17) is 0 Å². The Bertz CT molecular complexity index is 371. The minimum atomic E-state index is 0.189. The maximum absolute atomic E-state index is 4.16. The van der Waals surface area contributed by atoms with Crippen molar-refractivity contribution in [3.8, 4) is 0 Å². The highest BCUT2D eigenvalue weighted by atomic mass is 15.1. The monoisotopic (exact) mass is 219 g/mol. The molecule has 1 unspecified atom stereocenters. The second-order valence-corrected chi connectivity index (χ2v) is 4.26. The van der Waals surface area contributed by atoms with Crippen LogP contribution in [-0.2, 0) is 0 Å². The molecule has 0 aromatic carbocycles. The van der Waals surface area contributed by atoms with Crippen molar-refractivity contribution in [3.05, 3.63) is 35.2 Å². The highest BCUT2D eigenvalue weighted by molar-refractivity contribution is 5.29. The zero-order valence-corrected chi connectivity index (χ0v) is 10.7. The molecule has 1 aromatic heterocycles. The van der Waals surface area contributed by atoms with Gasteiger partial charge in [-0.1, -0.05) is 19.1 Å². The summed E-state index contributed by atoms with van der Waals surface area (Å²) in [6.45, 7) is 13.2. The molecule has 0 aliphatic carbocycles. The predicted octanol–water partition coefficient (Wildman–Crippen LogP) is 2.71. The molecule has 0 radical (unpaired) electrons. The summed E-state index contributed by atoms with van der Waals surface area (Å²) in [5.41, 5.74) is 4.23. The zero-order valence-electron chi connectivity index (χ0n) is 10.7. The average molecular weight is 219 g/mol. The van der Waals surface area contributed by atoms with Crippen molar-refractivity contribution in [1.82, 2.24) is 15.5 Å². The van der Waals surface area contributed by atoms with Gasteiger partial charge in [0.15, 0.2) is 0 Å². The molecule has 1 aromatic rings. The first-order valence-corrected chi connectivity index (χ1v) is 5.75. The van der Waals surface area contributed by atoms with Gasteiger partial charge in [-0.05, 0) is 45.4 Å². The van der Waals surface area contributed by atoms with Crippen molar-refractivity contribution >= 4 is 0 Å². The van der Waals surface area contributed by atoms with Crippen LogP contribution >= 0.6 is 0 Å². The van der Waals surface area contributed by atoms with Crippen LogP contribution < -0.4 is 5.32 Å².